The van der Waals surface area contributed by atoms with Crippen molar-refractivity contribution in [1.82, 2.24) is 15.2 Å². The SMILES string of the molecule is CC1(C)CC(=O)c2cc(C(=O)NC3CCN(C(=O)c4ccco4)CC3)c(=O)[nH]c2C1. The molecule has 2 N–H and O–H groups in total. The number of nitrogens with one attached hydrogen (secondary N) is 2. The Balaban J connectivity index is 1.42. The Morgan fingerprint density at radius 1 is 1.20 bits per heavy atom. The molecule has 8 heteroatoms. The van der Waals surface area contributed by atoms with Crippen molar-refractivity contribution >= 4 is 17.6 Å². The van der Waals surface area contributed by atoms with Crippen LogP contribution in [0.1, 0.15) is 70.1 Å². The number of aromatic amines is 1. The van der Waals surface area contributed by atoms with Gasteiger partial charge in [0, 0.05) is 36.8 Å². The molecule has 2 amide bonds. The molecule has 3 heterocycles. The zero-order valence-corrected chi connectivity index (χ0v) is 17.1. The van der Waals surface area contributed by atoms with E-state index in [0.29, 0.717) is 55.8 Å². The molecule has 2 aliphatic rings. The number of ketones is 1. The summed E-state index contributed by atoms with van der Waals surface area (Å²) in [7, 11) is 0. The molecule has 4 rings (SSSR count). The van der Waals surface area contributed by atoms with Crippen molar-refractivity contribution in [3.63, 3.8) is 0 Å². The number of amides is 2. The van der Waals surface area contributed by atoms with Gasteiger partial charge in [0.15, 0.2) is 11.5 Å². The van der Waals surface area contributed by atoms with Crippen LogP contribution in [-0.4, -0.2) is 46.6 Å². The number of Topliss-reactive ketones (excluding diaryl/α,β-unsaturated/α-hetero) is 1. The number of carbonyl (C=O) groups excluding carboxylic acids is 3. The van der Waals surface area contributed by atoms with Gasteiger partial charge in [0.05, 0.1) is 6.26 Å². The molecular weight excluding hydrogens is 386 g/mol. The Kier molecular flexibility index (Phi) is 5.09. The molecule has 1 fully saturated rings. The highest BCUT2D eigenvalue weighted by molar-refractivity contribution is 6.02. The maximum Gasteiger partial charge on any atom is 0.289 e. The van der Waals surface area contributed by atoms with Gasteiger partial charge in [0.1, 0.15) is 5.56 Å². The van der Waals surface area contributed by atoms with Gasteiger partial charge < -0.3 is 19.6 Å². The molecule has 0 bridgehead atoms. The van der Waals surface area contributed by atoms with E-state index in [-0.39, 0.29) is 28.7 Å². The van der Waals surface area contributed by atoms with E-state index in [4.69, 9.17) is 4.42 Å². The van der Waals surface area contributed by atoms with Gasteiger partial charge in [-0.25, -0.2) is 0 Å². The van der Waals surface area contributed by atoms with E-state index in [0.717, 1.165) is 0 Å². The Morgan fingerprint density at radius 3 is 2.60 bits per heavy atom. The topological polar surface area (TPSA) is 112 Å². The van der Waals surface area contributed by atoms with Crippen molar-refractivity contribution in [2.24, 2.45) is 5.41 Å². The van der Waals surface area contributed by atoms with Crippen LogP contribution in [0.3, 0.4) is 0 Å². The zero-order valence-electron chi connectivity index (χ0n) is 17.1. The fraction of sp³-hybridized carbons (Fsp3) is 0.455. The van der Waals surface area contributed by atoms with Crippen LogP contribution in [0.25, 0.3) is 0 Å². The van der Waals surface area contributed by atoms with Crippen LogP contribution in [0.5, 0.6) is 0 Å². The number of rotatable bonds is 3. The molecule has 1 aliphatic carbocycles. The normalized spacial score (nSPS) is 18.7. The largest absolute Gasteiger partial charge is 0.459 e. The molecule has 0 aromatic carbocycles. The van der Waals surface area contributed by atoms with E-state index in [9.17, 15) is 19.2 Å². The molecule has 30 heavy (non-hydrogen) atoms. The summed E-state index contributed by atoms with van der Waals surface area (Å²) in [6, 6.07) is 4.57. The van der Waals surface area contributed by atoms with E-state index >= 15 is 0 Å². The summed E-state index contributed by atoms with van der Waals surface area (Å²) < 4.78 is 5.15. The molecule has 0 spiro atoms. The number of pyridine rings is 1. The monoisotopic (exact) mass is 411 g/mol. The molecule has 0 unspecified atom stereocenters. The second kappa shape index (κ2) is 7.59. The lowest BCUT2D eigenvalue weighted by atomic mass is 9.75. The molecule has 0 atom stereocenters. The van der Waals surface area contributed by atoms with E-state index < -0.39 is 11.5 Å². The zero-order chi connectivity index (χ0) is 21.5. The Labute approximate surface area is 173 Å². The standard InChI is InChI=1S/C22H25N3O5/c1-22(2)11-16-14(17(26)12-22)10-15(20(28)24-16)19(27)23-13-5-7-25(8-6-13)21(29)18-4-3-9-30-18/h3-4,9-10,13H,5-8,11-12H2,1-2H3,(H,23,27)(H,24,28). The second-order valence-electron chi connectivity index (χ2n) is 8.86. The molecule has 1 aliphatic heterocycles. The molecule has 158 valence electrons. The molecule has 0 radical (unpaired) electrons. The number of H-pyrrole nitrogens is 1. The molecule has 1 saturated heterocycles. The molecular formula is C22H25N3O5. The van der Waals surface area contributed by atoms with Crippen molar-refractivity contribution < 1.29 is 18.8 Å². The van der Waals surface area contributed by atoms with Gasteiger partial charge in [0.25, 0.3) is 17.4 Å². The summed E-state index contributed by atoms with van der Waals surface area (Å²) in [4.78, 5) is 54.4. The third-order valence-corrected chi connectivity index (χ3v) is 5.81. The van der Waals surface area contributed by atoms with Gasteiger partial charge in [-0.1, -0.05) is 13.8 Å². The maximum absolute atomic E-state index is 12.7. The van der Waals surface area contributed by atoms with Gasteiger partial charge in [-0.3, -0.25) is 19.2 Å². The van der Waals surface area contributed by atoms with E-state index in [1.807, 2.05) is 13.8 Å². The third kappa shape index (κ3) is 3.94. The average Bonchev–Trinajstić information content (AvgIpc) is 3.21. The lowest BCUT2D eigenvalue weighted by Crippen LogP contribution is -2.47. The lowest BCUT2D eigenvalue weighted by Gasteiger charge is -2.32. The fourth-order valence-corrected chi connectivity index (χ4v) is 4.24. The van der Waals surface area contributed by atoms with Crippen LogP contribution >= 0.6 is 0 Å². The summed E-state index contributed by atoms with van der Waals surface area (Å²) in [6.07, 6.45) is 3.59. The van der Waals surface area contributed by atoms with Gasteiger partial charge >= 0.3 is 0 Å². The summed E-state index contributed by atoms with van der Waals surface area (Å²) in [5, 5.41) is 2.88. The number of aromatic nitrogens is 1. The number of furan rings is 1. The van der Waals surface area contributed by atoms with Gasteiger partial charge in [-0.2, -0.15) is 0 Å². The van der Waals surface area contributed by atoms with Crippen LogP contribution in [0.4, 0.5) is 0 Å². The Bertz CT molecular complexity index is 1040. The number of carbonyl (C=O) groups is 3. The minimum absolute atomic E-state index is 0.0455. The first-order chi connectivity index (χ1) is 14.2. The highest BCUT2D eigenvalue weighted by atomic mass is 16.3. The number of likely N-dealkylation sites (tertiary alicyclic amines) is 1. The van der Waals surface area contributed by atoms with Gasteiger partial charge in [-0.15, -0.1) is 0 Å². The van der Waals surface area contributed by atoms with Crippen LogP contribution in [-0.2, 0) is 6.42 Å². The molecule has 0 saturated carbocycles. The number of piperidine rings is 1. The van der Waals surface area contributed by atoms with Crippen LogP contribution in [0.2, 0.25) is 0 Å². The summed E-state index contributed by atoms with van der Waals surface area (Å²) in [5.41, 5.74) is 0.288. The van der Waals surface area contributed by atoms with Crippen molar-refractivity contribution in [3.05, 3.63) is 57.4 Å². The second-order valence-corrected chi connectivity index (χ2v) is 8.86. The smallest absolute Gasteiger partial charge is 0.289 e. The third-order valence-electron chi connectivity index (χ3n) is 5.81. The van der Waals surface area contributed by atoms with Gasteiger partial charge in [0.2, 0.25) is 0 Å². The lowest BCUT2D eigenvalue weighted by molar-refractivity contribution is 0.0667. The quantitative estimate of drug-likeness (QED) is 0.804. The molecule has 2 aromatic heterocycles. The summed E-state index contributed by atoms with van der Waals surface area (Å²) in [5.74, 6) is -0.424. The maximum atomic E-state index is 12.7. The average molecular weight is 411 g/mol. The first kappa shape index (κ1) is 20.1. The van der Waals surface area contributed by atoms with Crippen molar-refractivity contribution in [1.29, 1.82) is 0 Å². The van der Waals surface area contributed by atoms with Gasteiger partial charge in [-0.05, 0) is 42.9 Å². The fourth-order valence-electron chi connectivity index (χ4n) is 4.24. The number of hydrogen-bond acceptors (Lipinski definition) is 5. The highest BCUT2D eigenvalue weighted by Crippen LogP contribution is 2.33. The first-order valence-electron chi connectivity index (χ1n) is 10.2. The Morgan fingerprint density at radius 2 is 1.93 bits per heavy atom. The van der Waals surface area contributed by atoms with E-state index in [1.165, 1.54) is 12.3 Å². The summed E-state index contributed by atoms with van der Waals surface area (Å²) in [6.45, 7) is 4.93. The van der Waals surface area contributed by atoms with Crippen molar-refractivity contribution in [2.45, 2.75) is 45.6 Å². The first-order valence-corrected chi connectivity index (χ1v) is 10.2. The van der Waals surface area contributed by atoms with E-state index in [1.54, 1.807) is 17.0 Å². The highest BCUT2D eigenvalue weighted by Gasteiger charge is 2.33. The predicted octanol–water partition coefficient (Wildman–Crippen LogP) is 2.16. The van der Waals surface area contributed by atoms with Crippen LogP contribution in [0, 0.1) is 5.41 Å². The number of fused-ring (bicyclic) bond motifs is 1. The molecule has 8 nitrogen and oxygen atoms in total. The minimum atomic E-state index is -0.493. The number of nitrogens with zero attached hydrogens (tertiary/aromatic N) is 1. The van der Waals surface area contributed by atoms with Crippen LogP contribution in [0.15, 0.2) is 33.7 Å². The van der Waals surface area contributed by atoms with Crippen molar-refractivity contribution in [3.8, 4) is 0 Å². The van der Waals surface area contributed by atoms with E-state index in [2.05, 4.69) is 10.3 Å². The number of hydrogen-bond donors (Lipinski definition) is 2. The van der Waals surface area contributed by atoms with Crippen LogP contribution < -0.4 is 10.9 Å². The summed E-state index contributed by atoms with van der Waals surface area (Å²) >= 11 is 0. The Hall–Kier alpha value is -3.16. The minimum Gasteiger partial charge on any atom is -0.459 e. The molecule has 2 aromatic rings. The van der Waals surface area contributed by atoms with Crippen molar-refractivity contribution in [2.75, 3.05) is 13.1 Å². The predicted molar refractivity (Wildman–Crippen MR) is 109 cm³/mol.